The molecule has 1 rings (SSSR count). The summed E-state index contributed by atoms with van der Waals surface area (Å²) in [6.07, 6.45) is 3.50. The first-order valence-corrected chi connectivity index (χ1v) is 10.2. The number of hydrogen-bond donors (Lipinski definition) is 1. The Labute approximate surface area is 122 Å². The van der Waals surface area contributed by atoms with E-state index in [1.54, 1.807) is 13.8 Å². The quantitative estimate of drug-likeness (QED) is 0.712. The predicted octanol–water partition coefficient (Wildman–Crippen LogP) is -0.0233. The third-order valence-corrected chi connectivity index (χ3v) is 6.42. The number of hydrogen-bond acceptors (Lipinski definition) is 4. The van der Waals surface area contributed by atoms with Crippen LogP contribution in [0.1, 0.15) is 33.1 Å². The Bertz CT molecular complexity index is 500. The van der Waals surface area contributed by atoms with Crippen LogP contribution in [0.15, 0.2) is 0 Å². The van der Waals surface area contributed by atoms with E-state index in [-0.39, 0.29) is 12.6 Å². The number of nitrogens with zero attached hydrogens (tertiary/aromatic N) is 2. The Kier molecular flexibility index (Phi) is 6.39. The highest BCUT2D eigenvalue weighted by molar-refractivity contribution is 7.88. The van der Waals surface area contributed by atoms with Gasteiger partial charge in [0.05, 0.1) is 6.26 Å². The zero-order valence-corrected chi connectivity index (χ0v) is 14.0. The summed E-state index contributed by atoms with van der Waals surface area (Å²) >= 11 is 0. The van der Waals surface area contributed by atoms with Gasteiger partial charge in [-0.05, 0) is 12.8 Å². The van der Waals surface area contributed by atoms with Crippen LogP contribution in [0.25, 0.3) is 0 Å². The van der Waals surface area contributed by atoms with Crippen LogP contribution in [0, 0.1) is 0 Å². The lowest BCUT2D eigenvalue weighted by Gasteiger charge is -2.37. The summed E-state index contributed by atoms with van der Waals surface area (Å²) in [4.78, 5) is 0. The molecule has 1 heterocycles. The van der Waals surface area contributed by atoms with Crippen LogP contribution in [-0.2, 0) is 20.2 Å². The van der Waals surface area contributed by atoms with Gasteiger partial charge in [-0.15, -0.1) is 0 Å². The van der Waals surface area contributed by atoms with Crippen molar-refractivity contribution < 1.29 is 16.8 Å². The third kappa shape index (κ3) is 4.66. The highest BCUT2D eigenvalue weighted by atomic mass is 32.2. The van der Waals surface area contributed by atoms with Crippen molar-refractivity contribution in [1.82, 2.24) is 13.3 Å². The van der Waals surface area contributed by atoms with Gasteiger partial charge >= 0.3 is 0 Å². The van der Waals surface area contributed by atoms with Crippen LogP contribution in [0.3, 0.4) is 0 Å². The molecule has 1 unspecified atom stereocenters. The van der Waals surface area contributed by atoms with Crippen LogP contribution in [-0.4, -0.2) is 63.9 Å². The molecule has 0 aromatic carbocycles. The van der Waals surface area contributed by atoms with Crippen LogP contribution < -0.4 is 4.72 Å². The summed E-state index contributed by atoms with van der Waals surface area (Å²) in [6, 6.07) is -0.302. The molecule has 1 saturated heterocycles. The highest BCUT2D eigenvalue weighted by Crippen LogP contribution is 2.22. The van der Waals surface area contributed by atoms with E-state index in [4.69, 9.17) is 0 Å². The molecule has 0 spiro atoms. The van der Waals surface area contributed by atoms with Crippen molar-refractivity contribution in [2.24, 2.45) is 0 Å². The van der Waals surface area contributed by atoms with E-state index in [1.165, 1.54) is 8.61 Å². The van der Waals surface area contributed by atoms with E-state index in [1.807, 2.05) is 0 Å². The maximum Gasteiger partial charge on any atom is 0.282 e. The van der Waals surface area contributed by atoms with Crippen molar-refractivity contribution in [3.63, 3.8) is 0 Å². The smallest absolute Gasteiger partial charge is 0.214 e. The minimum Gasteiger partial charge on any atom is -0.214 e. The van der Waals surface area contributed by atoms with E-state index >= 15 is 0 Å². The van der Waals surface area contributed by atoms with Crippen molar-refractivity contribution in [2.45, 2.75) is 39.2 Å². The maximum absolute atomic E-state index is 12.6. The summed E-state index contributed by atoms with van der Waals surface area (Å²) in [5, 5.41) is 0. The van der Waals surface area contributed by atoms with Gasteiger partial charge < -0.3 is 0 Å². The molecular weight excluding hydrogens is 302 g/mol. The molecule has 1 fully saturated rings. The SMILES string of the molecule is CCN(CC)S(=O)(=O)N1CCCCC1CNS(C)(=O)=O. The Morgan fingerprint density at radius 3 is 2.25 bits per heavy atom. The van der Waals surface area contributed by atoms with Crippen molar-refractivity contribution in [2.75, 3.05) is 32.4 Å². The minimum atomic E-state index is -3.51. The van der Waals surface area contributed by atoms with Crippen molar-refractivity contribution in [3.8, 4) is 0 Å². The zero-order chi connectivity index (χ0) is 15.4. The lowest BCUT2D eigenvalue weighted by Crippen LogP contribution is -2.53. The number of piperidine rings is 1. The molecule has 0 aliphatic carbocycles. The predicted molar refractivity (Wildman–Crippen MR) is 79.0 cm³/mol. The molecule has 0 amide bonds. The molecular formula is C11H25N3O4S2. The summed E-state index contributed by atoms with van der Waals surface area (Å²) in [6.45, 7) is 5.03. The van der Waals surface area contributed by atoms with Gasteiger partial charge in [-0.2, -0.15) is 17.0 Å². The molecule has 9 heteroatoms. The summed E-state index contributed by atoms with van der Waals surface area (Å²) < 4.78 is 52.8. The van der Waals surface area contributed by atoms with Gasteiger partial charge in [-0.25, -0.2) is 13.1 Å². The zero-order valence-electron chi connectivity index (χ0n) is 12.4. The monoisotopic (exact) mass is 327 g/mol. The van der Waals surface area contributed by atoms with Gasteiger partial charge in [-0.1, -0.05) is 20.3 Å². The fraction of sp³-hybridized carbons (Fsp3) is 1.00. The van der Waals surface area contributed by atoms with Crippen molar-refractivity contribution >= 4 is 20.2 Å². The van der Waals surface area contributed by atoms with Gasteiger partial charge in [0.15, 0.2) is 0 Å². The van der Waals surface area contributed by atoms with Crippen LogP contribution in [0.2, 0.25) is 0 Å². The second-order valence-corrected chi connectivity index (χ2v) is 8.69. The molecule has 0 bridgehead atoms. The van der Waals surface area contributed by atoms with E-state index in [9.17, 15) is 16.8 Å². The van der Waals surface area contributed by atoms with Gasteiger partial charge in [-0.3, -0.25) is 0 Å². The van der Waals surface area contributed by atoms with Crippen LogP contribution >= 0.6 is 0 Å². The summed E-state index contributed by atoms with van der Waals surface area (Å²) in [5.74, 6) is 0. The first-order valence-electron chi connectivity index (χ1n) is 6.94. The fourth-order valence-corrected chi connectivity index (χ4v) is 4.79. The number of rotatable bonds is 7. The Morgan fingerprint density at radius 2 is 1.75 bits per heavy atom. The molecule has 0 radical (unpaired) electrons. The van der Waals surface area contributed by atoms with E-state index in [0.717, 1.165) is 19.1 Å². The van der Waals surface area contributed by atoms with Gasteiger partial charge in [0.25, 0.3) is 10.2 Å². The third-order valence-electron chi connectivity index (χ3n) is 3.48. The average Bonchev–Trinajstić information content (AvgIpc) is 2.37. The van der Waals surface area contributed by atoms with Crippen LogP contribution in [0.4, 0.5) is 0 Å². The van der Waals surface area contributed by atoms with Gasteiger partial charge in [0, 0.05) is 32.2 Å². The van der Waals surface area contributed by atoms with Crippen molar-refractivity contribution in [3.05, 3.63) is 0 Å². The fourth-order valence-electron chi connectivity index (χ4n) is 2.43. The maximum atomic E-state index is 12.6. The topological polar surface area (TPSA) is 86.8 Å². The first-order chi connectivity index (χ1) is 9.22. The standard InChI is InChI=1S/C11H25N3O4S2/c1-4-13(5-2)20(17,18)14-9-7-6-8-11(14)10-12-19(3,15)16/h11-12H,4-10H2,1-3H3. The Hall–Kier alpha value is -0.220. The first kappa shape index (κ1) is 17.8. The average molecular weight is 327 g/mol. The van der Waals surface area contributed by atoms with Crippen molar-refractivity contribution in [1.29, 1.82) is 0 Å². The number of sulfonamides is 1. The number of nitrogens with one attached hydrogen (secondary N) is 1. The lowest BCUT2D eigenvalue weighted by molar-refractivity contribution is 0.234. The summed E-state index contributed by atoms with van der Waals surface area (Å²) in [7, 11) is -6.82. The molecule has 1 aliphatic rings. The molecule has 1 N–H and O–H groups in total. The molecule has 120 valence electrons. The molecule has 20 heavy (non-hydrogen) atoms. The molecule has 1 atom stereocenters. The molecule has 0 aromatic heterocycles. The molecule has 0 saturated carbocycles. The van der Waals surface area contributed by atoms with Gasteiger partial charge in [0.1, 0.15) is 0 Å². The normalized spacial score (nSPS) is 22.3. The van der Waals surface area contributed by atoms with E-state index in [2.05, 4.69) is 4.72 Å². The molecule has 7 nitrogen and oxygen atoms in total. The Balaban J connectivity index is 2.88. The Morgan fingerprint density at radius 1 is 1.15 bits per heavy atom. The lowest BCUT2D eigenvalue weighted by atomic mass is 10.1. The second kappa shape index (κ2) is 7.17. The second-order valence-electron chi connectivity index (χ2n) is 4.97. The molecule has 0 aromatic rings. The minimum absolute atomic E-state index is 0.138. The largest absolute Gasteiger partial charge is 0.282 e. The van der Waals surface area contributed by atoms with E-state index in [0.29, 0.717) is 26.1 Å². The van der Waals surface area contributed by atoms with Gasteiger partial charge in [0.2, 0.25) is 10.0 Å². The molecule has 1 aliphatic heterocycles. The highest BCUT2D eigenvalue weighted by Gasteiger charge is 2.35. The van der Waals surface area contributed by atoms with Crippen LogP contribution in [0.5, 0.6) is 0 Å². The van der Waals surface area contributed by atoms with E-state index < -0.39 is 20.2 Å². The summed E-state index contributed by atoms with van der Waals surface area (Å²) in [5.41, 5.74) is 0.